The van der Waals surface area contributed by atoms with Gasteiger partial charge in [0.2, 0.25) is 0 Å². The first kappa shape index (κ1) is 12.6. The number of benzene rings is 1. The predicted molar refractivity (Wildman–Crippen MR) is 66.2 cm³/mol. The van der Waals surface area contributed by atoms with E-state index < -0.39 is 0 Å². The lowest BCUT2D eigenvalue weighted by atomic mass is 9.87. The van der Waals surface area contributed by atoms with Gasteiger partial charge in [0, 0.05) is 0 Å². The third-order valence-electron chi connectivity index (χ3n) is 2.44. The van der Waals surface area contributed by atoms with Crippen LogP contribution in [0.4, 0.5) is 5.69 Å². The summed E-state index contributed by atoms with van der Waals surface area (Å²) < 4.78 is 5.23. The van der Waals surface area contributed by atoms with Gasteiger partial charge in [-0.3, -0.25) is 0 Å². The predicted octanol–water partition coefficient (Wildman–Crippen LogP) is 2.60. The summed E-state index contributed by atoms with van der Waals surface area (Å²) in [6.07, 6.45) is 0.837. The number of aldehydes is 1. The van der Waals surface area contributed by atoms with Crippen LogP contribution in [-0.4, -0.2) is 19.9 Å². The first-order valence-corrected chi connectivity index (χ1v) is 5.35. The van der Waals surface area contributed by atoms with Gasteiger partial charge in [0.1, 0.15) is 12.0 Å². The fraction of sp³-hybridized carbons (Fsp3) is 0.462. The van der Waals surface area contributed by atoms with E-state index in [1.165, 1.54) is 5.56 Å². The van der Waals surface area contributed by atoms with Crippen molar-refractivity contribution in [3.05, 3.63) is 23.8 Å². The summed E-state index contributed by atoms with van der Waals surface area (Å²) in [5.41, 5.74) is 2.16. The maximum atomic E-state index is 10.4. The molecule has 0 aliphatic heterocycles. The van der Waals surface area contributed by atoms with E-state index in [0.717, 1.165) is 17.7 Å². The van der Waals surface area contributed by atoms with Gasteiger partial charge in [-0.25, -0.2) is 0 Å². The zero-order valence-corrected chi connectivity index (χ0v) is 10.3. The number of ether oxygens (including phenoxy) is 1. The SMILES string of the molecule is COc1ccc(C(C)(C)C)cc1NCC=O. The quantitative estimate of drug-likeness (QED) is 0.794. The summed E-state index contributed by atoms with van der Waals surface area (Å²) in [5, 5.41) is 3.03. The number of carbonyl (C=O) groups excluding carboxylic acids is 1. The zero-order chi connectivity index (χ0) is 12.2. The Hall–Kier alpha value is -1.51. The third kappa shape index (κ3) is 2.99. The Morgan fingerprint density at radius 2 is 2.06 bits per heavy atom. The van der Waals surface area contributed by atoms with E-state index in [0.29, 0.717) is 6.54 Å². The van der Waals surface area contributed by atoms with Crippen LogP contribution < -0.4 is 10.1 Å². The van der Waals surface area contributed by atoms with E-state index >= 15 is 0 Å². The molecule has 1 aromatic rings. The molecule has 1 aromatic carbocycles. The van der Waals surface area contributed by atoms with Crippen LogP contribution in [0.15, 0.2) is 18.2 Å². The van der Waals surface area contributed by atoms with Crippen LogP contribution in [0.3, 0.4) is 0 Å². The van der Waals surface area contributed by atoms with Gasteiger partial charge in [-0.1, -0.05) is 26.8 Å². The van der Waals surface area contributed by atoms with E-state index in [4.69, 9.17) is 4.74 Å². The van der Waals surface area contributed by atoms with Gasteiger partial charge < -0.3 is 14.8 Å². The summed E-state index contributed by atoms with van der Waals surface area (Å²) >= 11 is 0. The molecule has 0 amide bonds. The molecule has 0 spiro atoms. The van der Waals surface area contributed by atoms with E-state index in [9.17, 15) is 4.79 Å². The van der Waals surface area contributed by atoms with Crippen LogP contribution in [-0.2, 0) is 10.2 Å². The summed E-state index contributed by atoms with van der Waals surface area (Å²) in [4.78, 5) is 10.4. The Balaban J connectivity index is 3.05. The van der Waals surface area contributed by atoms with Gasteiger partial charge in [0.05, 0.1) is 19.3 Å². The topological polar surface area (TPSA) is 38.3 Å². The summed E-state index contributed by atoms with van der Waals surface area (Å²) in [6.45, 7) is 6.75. The van der Waals surface area contributed by atoms with Crippen molar-refractivity contribution in [3.8, 4) is 5.75 Å². The number of carbonyl (C=O) groups is 1. The molecule has 0 saturated heterocycles. The Labute approximate surface area is 96.8 Å². The fourth-order valence-electron chi connectivity index (χ4n) is 1.46. The molecule has 0 aliphatic rings. The summed E-state index contributed by atoms with van der Waals surface area (Å²) in [5.74, 6) is 0.759. The van der Waals surface area contributed by atoms with Crippen molar-refractivity contribution in [2.24, 2.45) is 0 Å². The molecule has 16 heavy (non-hydrogen) atoms. The van der Waals surface area contributed by atoms with E-state index in [2.05, 4.69) is 26.1 Å². The molecule has 0 heterocycles. The molecular weight excluding hydrogens is 202 g/mol. The molecule has 3 heteroatoms. The van der Waals surface area contributed by atoms with Crippen molar-refractivity contribution in [3.63, 3.8) is 0 Å². The van der Waals surface area contributed by atoms with Gasteiger partial charge in [-0.2, -0.15) is 0 Å². The van der Waals surface area contributed by atoms with Crippen molar-refractivity contribution in [1.29, 1.82) is 0 Å². The van der Waals surface area contributed by atoms with Crippen LogP contribution in [0.2, 0.25) is 0 Å². The Morgan fingerprint density at radius 3 is 2.56 bits per heavy atom. The van der Waals surface area contributed by atoms with Crippen molar-refractivity contribution in [1.82, 2.24) is 0 Å². The first-order valence-electron chi connectivity index (χ1n) is 5.35. The van der Waals surface area contributed by atoms with Gasteiger partial charge in [-0.05, 0) is 23.1 Å². The maximum Gasteiger partial charge on any atom is 0.141 e. The Bertz CT molecular complexity index is 367. The van der Waals surface area contributed by atoms with Crippen molar-refractivity contribution in [2.75, 3.05) is 19.0 Å². The second-order valence-corrected chi connectivity index (χ2v) is 4.71. The lowest BCUT2D eigenvalue weighted by Gasteiger charge is -2.21. The maximum absolute atomic E-state index is 10.4. The number of anilines is 1. The Kier molecular flexibility index (Phi) is 3.93. The number of hydrogen-bond acceptors (Lipinski definition) is 3. The monoisotopic (exact) mass is 221 g/mol. The molecule has 0 unspecified atom stereocenters. The van der Waals surface area contributed by atoms with Crippen LogP contribution in [0.5, 0.6) is 5.75 Å². The number of nitrogens with one attached hydrogen (secondary N) is 1. The molecule has 1 rings (SSSR count). The molecule has 3 nitrogen and oxygen atoms in total. The second-order valence-electron chi connectivity index (χ2n) is 4.71. The highest BCUT2D eigenvalue weighted by molar-refractivity contribution is 5.65. The minimum absolute atomic E-state index is 0.0872. The molecular formula is C13H19NO2. The molecule has 0 saturated carbocycles. The largest absolute Gasteiger partial charge is 0.495 e. The van der Waals surface area contributed by atoms with Gasteiger partial charge >= 0.3 is 0 Å². The van der Waals surface area contributed by atoms with E-state index in [1.807, 2.05) is 18.2 Å². The minimum Gasteiger partial charge on any atom is -0.495 e. The van der Waals surface area contributed by atoms with Crippen LogP contribution in [0, 0.1) is 0 Å². The molecule has 0 aromatic heterocycles. The molecule has 0 atom stereocenters. The molecule has 88 valence electrons. The van der Waals surface area contributed by atoms with E-state index in [1.54, 1.807) is 7.11 Å². The lowest BCUT2D eigenvalue weighted by Crippen LogP contribution is -2.12. The third-order valence-corrected chi connectivity index (χ3v) is 2.44. The zero-order valence-electron chi connectivity index (χ0n) is 10.3. The minimum atomic E-state index is 0.0872. The van der Waals surface area contributed by atoms with Crippen molar-refractivity contribution >= 4 is 12.0 Å². The molecule has 0 aliphatic carbocycles. The van der Waals surface area contributed by atoms with Gasteiger partial charge in [0.15, 0.2) is 0 Å². The smallest absolute Gasteiger partial charge is 0.141 e. The fourth-order valence-corrected chi connectivity index (χ4v) is 1.46. The first-order chi connectivity index (χ1) is 7.49. The molecule has 0 fully saturated rings. The van der Waals surface area contributed by atoms with E-state index in [-0.39, 0.29) is 5.41 Å². The van der Waals surface area contributed by atoms with Crippen LogP contribution >= 0.6 is 0 Å². The lowest BCUT2D eigenvalue weighted by molar-refractivity contribution is -0.106. The van der Waals surface area contributed by atoms with Crippen molar-refractivity contribution < 1.29 is 9.53 Å². The average molecular weight is 221 g/mol. The normalized spacial score (nSPS) is 11.0. The molecule has 0 radical (unpaired) electrons. The van der Waals surface area contributed by atoms with Gasteiger partial charge in [0.25, 0.3) is 0 Å². The summed E-state index contributed by atoms with van der Waals surface area (Å²) in [6, 6.07) is 6.00. The highest BCUT2D eigenvalue weighted by atomic mass is 16.5. The van der Waals surface area contributed by atoms with Gasteiger partial charge in [-0.15, -0.1) is 0 Å². The Morgan fingerprint density at radius 1 is 1.38 bits per heavy atom. The number of methoxy groups -OCH3 is 1. The van der Waals surface area contributed by atoms with Crippen molar-refractivity contribution in [2.45, 2.75) is 26.2 Å². The molecule has 1 N–H and O–H groups in total. The highest BCUT2D eigenvalue weighted by Crippen LogP contribution is 2.31. The van der Waals surface area contributed by atoms with Crippen LogP contribution in [0.1, 0.15) is 26.3 Å². The number of rotatable bonds is 4. The highest BCUT2D eigenvalue weighted by Gasteiger charge is 2.15. The summed E-state index contributed by atoms with van der Waals surface area (Å²) in [7, 11) is 1.62. The number of hydrogen-bond donors (Lipinski definition) is 1. The standard InChI is InChI=1S/C13H19NO2/c1-13(2,3)10-5-6-12(16-4)11(9-10)14-7-8-15/h5-6,8-9,14H,7H2,1-4H3. The average Bonchev–Trinajstić information content (AvgIpc) is 2.24. The second kappa shape index (κ2) is 5.01. The van der Waals surface area contributed by atoms with Crippen LogP contribution in [0.25, 0.3) is 0 Å². The molecule has 0 bridgehead atoms.